The van der Waals surface area contributed by atoms with Crippen molar-refractivity contribution in [3.05, 3.63) is 46.1 Å². The zero-order valence-corrected chi connectivity index (χ0v) is 9.98. The predicted octanol–water partition coefficient (Wildman–Crippen LogP) is 2.15. The zero-order chi connectivity index (χ0) is 11.5. The number of anilines is 1. The van der Waals surface area contributed by atoms with Gasteiger partial charge in [0.2, 0.25) is 0 Å². The topological polar surface area (TPSA) is 67.6 Å². The molecule has 0 aliphatic carbocycles. The van der Waals surface area contributed by atoms with Crippen LogP contribution in [0.3, 0.4) is 0 Å². The van der Waals surface area contributed by atoms with E-state index >= 15 is 0 Å². The fourth-order valence-electron chi connectivity index (χ4n) is 1.40. The fourth-order valence-corrected chi connectivity index (χ4v) is 1.81. The van der Waals surface area contributed by atoms with Crippen molar-refractivity contribution in [2.45, 2.75) is 6.54 Å². The Hall–Kier alpha value is -1.80. The van der Waals surface area contributed by atoms with Crippen LogP contribution in [0.1, 0.15) is 11.1 Å². The van der Waals surface area contributed by atoms with E-state index in [0.29, 0.717) is 12.1 Å². The lowest BCUT2D eigenvalue weighted by Gasteiger charge is -2.03. The van der Waals surface area contributed by atoms with Crippen LogP contribution in [-0.2, 0) is 6.54 Å². The van der Waals surface area contributed by atoms with Crippen LogP contribution in [0.4, 0.5) is 5.82 Å². The molecule has 0 spiro atoms. The second-order valence-electron chi connectivity index (χ2n) is 3.33. The highest BCUT2D eigenvalue weighted by Gasteiger charge is 2.06. The molecule has 0 aliphatic rings. The number of nitrogens with two attached hydrogens (primary N) is 1. The summed E-state index contributed by atoms with van der Waals surface area (Å²) >= 11 is 3.46. The van der Waals surface area contributed by atoms with Gasteiger partial charge >= 0.3 is 0 Å². The highest BCUT2D eigenvalue weighted by Crippen LogP contribution is 2.17. The number of nitrogens with zero attached hydrogens (tertiary/aromatic N) is 3. The third kappa shape index (κ3) is 2.07. The Morgan fingerprint density at radius 3 is 2.81 bits per heavy atom. The zero-order valence-electron chi connectivity index (χ0n) is 8.39. The lowest BCUT2D eigenvalue weighted by molar-refractivity contribution is 0.688. The second kappa shape index (κ2) is 4.37. The smallest absolute Gasteiger partial charge is 0.163 e. The SMILES string of the molecule is N#Cc1cn(Cc2ccccc2Br)nc1N. The van der Waals surface area contributed by atoms with Gasteiger partial charge in [0.25, 0.3) is 0 Å². The first-order chi connectivity index (χ1) is 7.70. The molecule has 0 atom stereocenters. The van der Waals surface area contributed by atoms with Crippen molar-refractivity contribution in [2.75, 3.05) is 5.73 Å². The summed E-state index contributed by atoms with van der Waals surface area (Å²) < 4.78 is 2.68. The van der Waals surface area contributed by atoms with Gasteiger partial charge in [-0.05, 0) is 11.6 Å². The van der Waals surface area contributed by atoms with Crippen LogP contribution in [0, 0.1) is 11.3 Å². The van der Waals surface area contributed by atoms with E-state index in [1.54, 1.807) is 10.9 Å². The van der Waals surface area contributed by atoms with Crippen molar-refractivity contribution in [3.8, 4) is 6.07 Å². The van der Waals surface area contributed by atoms with E-state index in [4.69, 9.17) is 11.0 Å². The van der Waals surface area contributed by atoms with Crippen LogP contribution in [-0.4, -0.2) is 9.78 Å². The minimum Gasteiger partial charge on any atom is -0.381 e. The van der Waals surface area contributed by atoms with Gasteiger partial charge in [0.15, 0.2) is 5.82 Å². The number of halogens is 1. The molecule has 80 valence electrons. The third-order valence-corrected chi connectivity index (χ3v) is 2.97. The summed E-state index contributed by atoms with van der Waals surface area (Å²) in [7, 11) is 0. The number of hydrogen-bond donors (Lipinski definition) is 1. The number of hydrogen-bond acceptors (Lipinski definition) is 3. The van der Waals surface area contributed by atoms with Crippen LogP contribution >= 0.6 is 15.9 Å². The number of rotatable bonds is 2. The number of nitriles is 1. The standard InChI is InChI=1S/C11H9BrN4/c12-10-4-2-1-3-8(10)6-16-7-9(5-13)11(14)15-16/h1-4,7H,6H2,(H2,14,15). The summed E-state index contributed by atoms with van der Waals surface area (Å²) in [5, 5.41) is 12.8. The van der Waals surface area contributed by atoms with Gasteiger partial charge in [-0.15, -0.1) is 0 Å². The first-order valence-electron chi connectivity index (χ1n) is 4.67. The molecule has 2 aromatic rings. The lowest BCUT2D eigenvalue weighted by atomic mass is 10.2. The first kappa shape index (κ1) is 10.7. The molecule has 1 aromatic heterocycles. The van der Waals surface area contributed by atoms with Crippen molar-refractivity contribution in [1.29, 1.82) is 5.26 Å². The molecular weight excluding hydrogens is 268 g/mol. The summed E-state index contributed by atoms with van der Waals surface area (Å²) in [5.41, 5.74) is 7.08. The average Bonchev–Trinajstić information content (AvgIpc) is 2.62. The van der Waals surface area contributed by atoms with E-state index in [1.165, 1.54) is 0 Å². The second-order valence-corrected chi connectivity index (χ2v) is 4.18. The highest BCUT2D eigenvalue weighted by molar-refractivity contribution is 9.10. The van der Waals surface area contributed by atoms with Crippen molar-refractivity contribution in [3.63, 3.8) is 0 Å². The minimum absolute atomic E-state index is 0.273. The van der Waals surface area contributed by atoms with Gasteiger partial charge < -0.3 is 5.73 Å². The lowest BCUT2D eigenvalue weighted by Crippen LogP contribution is -2.01. The molecule has 2 N–H and O–H groups in total. The van der Waals surface area contributed by atoms with Crippen molar-refractivity contribution < 1.29 is 0 Å². The molecule has 0 bridgehead atoms. The maximum Gasteiger partial charge on any atom is 0.163 e. The Labute approximate surface area is 101 Å². The molecule has 0 amide bonds. The van der Waals surface area contributed by atoms with Gasteiger partial charge in [0, 0.05) is 10.7 Å². The Morgan fingerprint density at radius 1 is 1.44 bits per heavy atom. The van der Waals surface area contributed by atoms with Crippen LogP contribution in [0.5, 0.6) is 0 Å². The highest BCUT2D eigenvalue weighted by atomic mass is 79.9. The molecule has 5 heteroatoms. The van der Waals surface area contributed by atoms with E-state index < -0.39 is 0 Å². The number of benzene rings is 1. The van der Waals surface area contributed by atoms with Gasteiger partial charge in [-0.2, -0.15) is 10.4 Å². The quantitative estimate of drug-likeness (QED) is 0.914. The summed E-state index contributed by atoms with van der Waals surface area (Å²) in [6.07, 6.45) is 1.65. The number of nitrogen functional groups attached to an aromatic ring is 1. The molecule has 0 saturated carbocycles. The van der Waals surface area contributed by atoms with E-state index in [2.05, 4.69) is 21.0 Å². The maximum atomic E-state index is 8.76. The molecule has 16 heavy (non-hydrogen) atoms. The molecule has 0 saturated heterocycles. The molecule has 4 nitrogen and oxygen atoms in total. The maximum absolute atomic E-state index is 8.76. The Bertz CT molecular complexity index is 553. The van der Waals surface area contributed by atoms with Gasteiger partial charge in [-0.25, -0.2) is 0 Å². The first-order valence-corrected chi connectivity index (χ1v) is 5.46. The number of aromatic nitrogens is 2. The van der Waals surface area contributed by atoms with Crippen molar-refractivity contribution in [1.82, 2.24) is 9.78 Å². The molecule has 1 aromatic carbocycles. The van der Waals surface area contributed by atoms with Gasteiger partial charge in [-0.1, -0.05) is 34.1 Å². The largest absolute Gasteiger partial charge is 0.381 e. The third-order valence-electron chi connectivity index (χ3n) is 2.20. The van der Waals surface area contributed by atoms with E-state index in [9.17, 15) is 0 Å². The predicted molar refractivity (Wildman–Crippen MR) is 64.6 cm³/mol. The van der Waals surface area contributed by atoms with E-state index in [-0.39, 0.29) is 5.82 Å². The average molecular weight is 277 g/mol. The Balaban J connectivity index is 2.28. The normalized spacial score (nSPS) is 10.0. The summed E-state index contributed by atoms with van der Waals surface area (Å²) in [6, 6.07) is 9.86. The summed E-state index contributed by atoms with van der Waals surface area (Å²) in [6.45, 7) is 0.591. The van der Waals surface area contributed by atoms with Crippen LogP contribution in [0.15, 0.2) is 34.9 Å². The molecule has 2 rings (SSSR count). The Morgan fingerprint density at radius 2 is 2.19 bits per heavy atom. The minimum atomic E-state index is 0.273. The van der Waals surface area contributed by atoms with E-state index in [1.807, 2.05) is 30.3 Å². The molecule has 0 radical (unpaired) electrons. The van der Waals surface area contributed by atoms with Crippen LogP contribution in [0.2, 0.25) is 0 Å². The molecule has 0 fully saturated rings. The van der Waals surface area contributed by atoms with Crippen molar-refractivity contribution in [2.24, 2.45) is 0 Å². The molecule has 0 aliphatic heterocycles. The summed E-state index contributed by atoms with van der Waals surface area (Å²) in [5.74, 6) is 0.273. The summed E-state index contributed by atoms with van der Waals surface area (Å²) in [4.78, 5) is 0. The van der Waals surface area contributed by atoms with Gasteiger partial charge in [0.05, 0.1) is 6.54 Å². The molecule has 1 heterocycles. The van der Waals surface area contributed by atoms with Crippen LogP contribution < -0.4 is 5.73 Å². The Kier molecular flexibility index (Phi) is 2.93. The fraction of sp³-hybridized carbons (Fsp3) is 0.0909. The van der Waals surface area contributed by atoms with E-state index in [0.717, 1.165) is 10.0 Å². The van der Waals surface area contributed by atoms with Crippen LogP contribution in [0.25, 0.3) is 0 Å². The van der Waals surface area contributed by atoms with Gasteiger partial charge in [0.1, 0.15) is 11.6 Å². The van der Waals surface area contributed by atoms with Crippen molar-refractivity contribution >= 4 is 21.7 Å². The molecule has 0 unspecified atom stereocenters. The molecular formula is C11H9BrN4. The monoisotopic (exact) mass is 276 g/mol. The van der Waals surface area contributed by atoms with Gasteiger partial charge in [-0.3, -0.25) is 4.68 Å².